The van der Waals surface area contributed by atoms with E-state index < -0.39 is 18.0 Å². The molecule has 5 N–H and O–H groups in total. The van der Waals surface area contributed by atoms with Gasteiger partial charge in [-0.2, -0.15) is 0 Å². The van der Waals surface area contributed by atoms with Gasteiger partial charge in [-0.15, -0.1) is 0 Å². The number of aliphatic hydroxyl groups is 2. The first-order valence-electron chi connectivity index (χ1n) is 5.97. The molecule has 0 aromatic heterocycles. The van der Waals surface area contributed by atoms with Crippen LogP contribution in [0.1, 0.15) is 12.8 Å². The highest BCUT2D eigenvalue weighted by atomic mass is 16.5. The molecule has 0 radical (unpaired) electrons. The van der Waals surface area contributed by atoms with Crippen molar-refractivity contribution in [3.8, 4) is 5.75 Å². The van der Waals surface area contributed by atoms with Crippen LogP contribution in [-0.4, -0.2) is 46.5 Å². The molecule has 0 heterocycles. The molecule has 0 saturated heterocycles. The molecule has 0 aliphatic rings. The number of hydrogen-bond acceptors (Lipinski definition) is 6. The third kappa shape index (κ3) is 9.03. The van der Waals surface area contributed by atoms with Gasteiger partial charge in [-0.1, -0.05) is 18.2 Å². The molecular formula is C13H19NO6. The number of rotatable bonds is 6. The summed E-state index contributed by atoms with van der Waals surface area (Å²) in [5.74, 6) is -1.20. The molecule has 0 spiro atoms. The zero-order valence-corrected chi connectivity index (χ0v) is 10.9. The number of aliphatic hydroxyl groups excluding tert-OH is 2. The molecule has 0 amide bonds. The Kier molecular flexibility index (Phi) is 9.85. The van der Waals surface area contributed by atoms with Crippen LogP contribution in [-0.2, 0) is 9.59 Å². The van der Waals surface area contributed by atoms with Gasteiger partial charge in [0.15, 0.2) is 0 Å². The summed E-state index contributed by atoms with van der Waals surface area (Å²) < 4.78 is 4.95. The summed E-state index contributed by atoms with van der Waals surface area (Å²) in [5.41, 5.74) is 5.48. The van der Waals surface area contributed by atoms with E-state index in [1.807, 2.05) is 0 Å². The second-order valence-electron chi connectivity index (χ2n) is 3.72. The van der Waals surface area contributed by atoms with Gasteiger partial charge in [-0.05, 0) is 18.6 Å². The number of carboxylic acid groups (broad SMARTS) is 1. The van der Waals surface area contributed by atoms with Crippen LogP contribution in [0.15, 0.2) is 30.3 Å². The molecule has 0 aliphatic heterocycles. The van der Waals surface area contributed by atoms with Crippen LogP contribution in [0.25, 0.3) is 0 Å². The Morgan fingerprint density at radius 1 is 1.15 bits per heavy atom. The van der Waals surface area contributed by atoms with E-state index in [2.05, 4.69) is 0 Å². The van der Waals surface area contributed by atoms with E-state index in [0.717, 1.165) is 0 Å². The van der Waals surface area contributed by atoms with Crippen molar-refractivity contribution in [1.82, 2.24) is 0 Å². The Bertz CT molecular complexity index is 393. The van der Waals surface area contributed by atoms with Gasteiger partial charge in [0, 0.05) is 6.42 Å². The molecule has 7 heteroatoms. The number of esters is 1. The number of benzene rings is 1. The number of aliphatic carboxylic acids is 1. The van der Waals surface area contributed by atoms with Crippen molar-refractivity contribution in [3.63, 3.8) is 0 Å². The van der Waals surface area contributed by atoms with E-state index in [9.17, 15) is 9.59 Å². The highest BCUT2D eigenvalue weighted by Crippen LogP contribution is 2.09. The lowest BCUT2D eigenvalue weighted by Crippen LogP contribution is -2.34. The van der Waals surface area contributed by atoms with Crippen molar-refractivity contribution in [1.29, 1.82) is 0 Å². The SMILES string of the molecule is NC(CCC(=O)O)C(=O)Oc1ccccc1.OCCO. The minimum Gasteiger partial charge on any atom is -0.481 e. The number of hydrogen-bond donors (Lipinski definition) is 4. The highest BCUT2D eigenvalue weighted by molar-refractivity contribution is 5.78. The van der Waals surface area contributed by atoms with Crippen molar-refractivity contribution < 1.29 is 29.6 Å². The average Bonchev–Trinajstić information content (AvgIpc) is 2.46. The summed E-state index contributed by atoms with van der Waals surface area (Å²) in [6.45, 7) is -0.250. The number of carboxylic acids is 1. The molecule has 1 unspecified atom stereocenters. The molecule has 0 saturated carbocycles. The third-order valence-electron chi connectivity index (χ3n) is 2.03. The second kappa shape index (κ2) is 10.9. The number of carbonyl (C=O) groups is 2. The van der Waals surface area contributed by atoms with Crippen molar-refractivity contribution in [2.45, 2.75) is 18.9 Å². The first-order chi connectivity index (χ1) is 9.51. The van der Waals surface area contributed by atoms with Crippen LogP contribution in [0.3, 0.4) is 0 Å². The summed E-state index contributed by atoms with van der Waals surface area (Å²) in [6, 6.07) is 7.60. The minimum absolute atomic E-state index is 0.0704. The smallest absolute Gasteiger partial charge is 0.328 e. The fraction of sp³-hybridized carbons (Fsp3) is 0.385. The predicted molar refractivity (Wildman–Crippen MR) is 71.1 cm³/mol. The zero-order chi connectivity index (χ0) is 15.4. The monoisotopic (exact) mass is 285 g/mol. The van der Waals surface area contributed by atoms with Crippen LogP contribution in [0, 0.1) is 0 Å². The van der Waals surface area contributed by atoms with Crippen molar-refractivity contribution in [2.75, 3.05) is 13.2 Å². The summed E-state index contributed by atoms with van der Waals surface area (Å²) >= 11 is 0. The second-order valence-corrected chi connectivity index (χ2v) is 3.72. The predicted octanol–water partition coefficient (Wildman–Crippen LogP) is -0.245. The lowest BCUT2D eigenvalue weighted by atomic mass is 10.2. The molecule has 20 heavy (non-hydrogen) atoms. The van der Waals surface area contributed by atoms with Gasteiger partial charge in [0.25, 0.3) is 0 Å². The van der Waals surface area contributed by atoms with E-state index in [4.69, 9.17) is 25.8 Å². The molecule has 0 aliphatic carbocycles. The van der Waals surface area contributed by atoms with Crippen LogP contribution in [0.4, 0.5) is 0 Å². The van der Waals surface area contributed by atoms with Gasteiger partial charge >= 0.3 is 11.9 Å². The van der Waals surface area contributed by atoms with E-state index in [0.29, 0.717) is 5.75 Å². The maximum Gasteiger partial charge on any atom is 0.328 e. The van der Waals surface area contributed by atoms with Gasteiger partial charge in [0.05, 0.1) is 13.2 Å². The van der Waals surface area contributed by atoms with Crippen LogP contribution >= 0.6 is 0 Å². The van der Waals surface area contributed by atoms with Crippen LogP contribution in [0.5, 0.6) is 5.75 Å². The standard InChI is InChI=1S/C11H13NO4.C2H6O2/c12-9(6-7-10(13)14)11(15)16-8-4-2-1-3-5-8;3-1-2-4/h1-5,9H,6-7,12H2,(H,13,14);3-4H,1-2H2. The van der Waals surface area contributed by atoms with Crippen molar-refractivity contribution in [2.24, 2.45) is 5.73 Å². The molecule has 112 valence electrons. The lowest BCUT2D eigenvalue weighted by Gasteiger charge is -2.09. The molecule has 0 bridgehead atoms. The largest absolute Gasteiger partial charge is 0.481 e. The number of para-hydroxylation sites is 1. The minimum atomic E-state index is -0.983. The van der Waals surface area contributed by atoms with E-state index in [1.54, 1.807) is 30.3 Å². The number of carbonyl (C=O) groups excluding carboxylic acids is 1. The van der Waals surface area contributed by atoms with E-state index in [-0.39, 0.29) is 26.1 Å². The number of nitrogens with two attached hydrogens (primary N) is 1. The zero-order valence-electron chi connectivity index (χ0n) is 10.9. The molecule has 0 fully saturated rings. The Labute approximate surface area is 116 Å². The Hall–Kier alpha value is -1.96. The topological polar surface area (TPSA) is 130 Å². The van der Waals surface area contributed by atoms with Gasteiger partial charge in [-0.3, -0.25) is 4.79 Å². The first-order valence-corrected chi connectivity index (χ1v) is 5.97. The summed E-state index contributed by atoms with van der Waals surface area (Å²) in [6.07, 6.45) is -0.0773. The number of ether oxygens (including phenoxy) is 1. The lowest BCUT2D eigenvalue weighted by molar-refractivity contribution is -0.138. The van der Waals surface area contributed by atoms with E-state index in [1.165, 1.54) is 0 Å². The van der Waals surface area contributed by atoms with Gasteiger partial charge in [0.1, 0.15) is 11.8 Å². The van der Waals surface area contributed by atoms with Crippen LogP contribution in [0.2, 0.25) is 0 Å². The quantitative estimate of drug-likeness (QED) is 0.419. The third-order valence-corrected chi connectivity index (χ3v) is 2.03. The fourth-order valence-corrected chi connectivity index (χ4v) is 1.08. The van der Waals surface area contributed by atoms with Crippen molar-refractivity contribution >= 4 is 11.9 Å². The van der Waals surface area contributed by atoms with Gasteiger partial charge < -0.3 is 25.8 Å². The van der Waals surface area contributed by atoms with Crippen molar-refractivity contribution in [3.05, 3.63) is 30.3 Å². The maximum absolute atomic E-state index is 11.4. The normalized spacial score (nSPS) is 10.9. The summed E-state index contributed by atoms with van der Waals surface area (Å²) in [4.78, 5) is 21.7. The molecule has 1 atom stereocenters. The molecule has 1 rings (SSSR count). The fourth-order valence-electron chi connectivity index (χ4n) is 1.08. The average molecular weight is 285 g/mol. The molecule has 7 nitrogen and oxygen atoms in total. The Morgan fingerprint density at radius 2 is 1.70 bits per heavy atom. The van der Waals surface area contributed by atoms with Crippen LogP contribution < -0.4 is 10.5 Å². The Morgan fingerprint density at radius 3 is 2.15 bits per heavy atom. The first kappa shape index (κ1) is 18.0. The summed E-state index contributed by atoms with van der Waals surface area (Å²) in [7, 11) is 0. The molecular weight excluding hydrogens is 266 g/mol. The van der Waals surface area contributed by atoms with E-state index >= 15 is 0 Å². The van der Waals surface area contributed by atoms with Gasteiger partial charge in [0.2, 0.25) is 0 Å². The van der Waals surface area contributed by atoms with Gasteiger partial charge in [-0.25, -0.2) is 4.79 Å². The molecule has 1 aromatic carbocycles. The molecule has 1 aromatic rings. The highest BCUT2D eigenvalue weighted by Gasteiger charge is 2.16. The Balaban J connectivity index is 0.000000796. The maximum atomic E-state index is 11.4. The summed E-state index contributed by atoms with van der Waals surface area (Å²) in [5, 5.41) is 23.7.